The molecule has 1 heterocycles. The van der Waals surface area contributed by atoms with Crippen molar-refractivity contribution in [2.75, 3.05) is 5.32 Å². The minimum atomic E-state index is -0.419. The molecule has 1 aromatic heterocycles. The number of nitriles is 1. The molecule has 3 aromatic rings. The Morgan fingerprint density at radius 3 is 2.72 bits per heavy atom. The number of nitrogens with one attached hydrogen (secondary N) is 1. The zero-order valence-corrected chi connectivity index (χ0v) is 13.8. The monoisotopic (exact) mass is 352 g/mol. The van der Waals surface area contributed by atoms with Gasteiger partial charge in [0.2, 0.25) is 0 Å². The van der Waals surface area contributed by atoms with E-state index in [1.165, 1.54) is 12.3 Å². The lowest BCUT2D eigenvalue weighted by Gasteiger charge is -2.08. The molecule has 124 valence electrons. The van der Waals surface area contributed by atoms with Crippen LogP contribution in [-0.2, 0) is 6.61 Å². The Labute approximate surface area is 149 Å². The first kappa shape index (κ1) is 16.6. The molecule has 0 unspecified atom stereocenters. The molecule has 2 aromatic carbocycles. The molecule has 0 fully saturated rings. The van der Waals surface area contributed by atoms with Crippen LogP contribution in [0, 0.1) is 11.3 Å². The van der Waals surface area contributed by atoms with Gasteiger partial charge in [0.1, 0.15) is 18.4 Å². The molecule has 0 aliphatic carbocycles. The molecule has 0 spiro atoms. The number of rotatable bonds is 5. The number of furan rings is 1. The van der Waals surface area contributed by atoms with Crippen molar-refractivity contribution in [2.24, 2.45) is 0 Å². The highest BCUT2D eigenvalue weighted by Crippen LogP contribution is 2.22. The molecular weight excluding hydrogens is 340 g/mol. The molecule has 3 rings (SSSR count). The van der Waals surface area contributed by atoms with E-state index in [4.69, 9.17) is 26.0 Å². The first-order chi connectivity index (χ1) is 12.2. The van der Waals surface area contributed by atoms with Gasteiger partial charge < -0.3 is 14.5 Å². The molecule has 6 heteroatoms. The van der Waals surface area contributed by atoms with E-state index >= 15 is 0 Å². The van der Waals surface area contributed by atoms with E-state index < -0.39 is 5.91 Å². The Balaban J connectivity index is 1.70. The van der Waals surface area contributed by atoms with E-state index in [0.29, 0.717) is 22.6 Å². The SMILES string of the molecule is N#Cc1ccc(NC(=O)c2occc2COc2ccccc2)cc1Cl. The molecule has 0 aliphatic rings. The molecule has 0 saturated heterocycles. The maximum Gasteiger partial charge on any atom is 0.291 e. The minimum absolute atomic E-state index is 0.163. The normalized spacial score (nSPS) is 10.1. The van der Waals surface area contributed by atoms with E-state index in [1.54, 1.807) is 18.2 Å². The van der Waals surface area contributed by atoms with Gasteiger partial charge in [0.25, 0.3) is 5.91 Å². The van der Waals surface area contributed by atoms with Crippen LogP contribution >= 0.6 is 11.6 Å². The molecular formula is C19H13ClN2O3. The van der Waals surface area contributed by atoms with Crippen molar-refractivity contribution in [1.82, 2.24) is 0 Å². The highest BCUT2D eigenvalue weighted by molar-refractivity contribution is 6.32. The van der Waals surface area contributed by atoms with Crippen molar-refractivity contribution in [3.05, 3.63) is 82.8 Å². The fourth-order valence-electron chi connectivity index (χ4n) is 2.20. The summed E-state index contributed by atoms with van der Waals surface area (Å²) in [7, 11) is 0. The Kier molecular flexibility index (Phi) is 5.03. The second-order valence-electron chi connectivity index (χ2n) is 5.14. The van der Waals surface area contributed by atoms with Crippen LogP contribution in [0.1, 0.15) is 21.7 Å². The van der Waals surface area contributed by atoms with Gasteiger partial charge in [0, 0.05) is 11.3 Å². The summed E-state index contributed by atoms with van der Waals surface area (Å²) in [4.78, 5) is 12.4. The molecule has 25 heavy (non-hydrogen) atoms. The number of ether oxygens (including phenoxy) is 1. The maximum absolute atomic E-state index is 12.4. The second kappa shape index (κ2) is 7.56. The Hall–Kier alpha value is -3.23. The number of amides is 1. The number of anilines is 1. The number of carbonyl (C=O) groups excluding carboxylic acids is 1. The number of para-hydroxylation sites is 1. The predicted molar refractivity (Wildman–Crippen MR) is 93.6 cm³/mol. The topological polar surface area (TPSA) is 75.3 Å². The average molecular weight is 353 g/mol. The van der Waals surface area contributed by atoms with Gasteiger partial charge in [0.05, 0.1) is 16.8 Å². The first-order valence-corrected chi connectivity index (χ1v) is 7.80. The van der Waals surface area contributed by atoms with E-state index in [9.17, 15) is 4.79 Å². The van der Waals surface area contributed by atoms with E-state index in [1.807, 2.05) is 36.4 Å². The van der Waals surface area contributed by atoms with Gasteiger partial charge in [-0.2, -0.15) is 5.26 Å². The zero-order valence-electron chi connectivity index (χ0n) is 13.0. The highest BCUT2D eigenvalue weighted by Gasteiger charge is 2.16. The number of hydrogen-bond acceptors (Lipinski definition) is 4. The summed E-state index contributed by atoms with van der Waals surface area (Å²) in [6.07, 6.45) is 1.43. The summed E-state index contributed by atoms with van der Waals surface area (Å²) in [5, 5.41) is 11.8. The van der Waals surface area contributed by atoms with Crippen molar-refractivity contribution in [1.29, 1.82) is 5.26 Å². The lowest BCUT2D eigenvalue weighted by atomic mass is 10.2. The Morgan fingerprint density at radius 1 is 1.20 bits per heavy atom. The van der Waals surface area contributed by atoms with Crippen molar-refractivity contribution < 1.29 is 13.9 Å². The van der Waals surface area contributed by atoms with Crippen LogP contribution in [0.15, 0.2) is 65.3 Å². The van der Waals surface area contributed by atoms with Crippen molar-refractivity contribution in [2.45, 2.75) is 6.61 Å². The van der Waals surface area contributed by atoms with E-state index in [-0.39, 0.29) is 17.4 Å². The first-order valence-electron chi connectivity index (χ1n) is 7.42. The van der Waals surface area contributed by atoms with Crippen molar-refractivity contribution in [3.8, 4) is 11.8 Å². The number of carbonyl (C=O) groups is 1. The third-order valence-electron chi connectivity index (χ3n) is 3.44. The van der Waals surface area contributed by atoms with Crippen LogP contribution in [0.4, 0.5) is 5.69 Å². The molecule has 0 bridgehead atoms. The van der Waals surface area contributed by atoms with Crippen LogP contribution in [0.3, 0.4) is 0 Å². The highest BCUT2D eigenvalue weighted by atomic mass is 35.5. The van der Waals surface area contributed by atoms with Gasteiger partial charge in [-0.05, 0) is 36.4 Å². The number of hydrogen-bond donors (Lipinski definition) is 1. The summed E-state index contributed by atoms with van der Waals surface area (Å²) in [6.45, 7) is 0.206. The van der Waals surface area contributed by atoms with Crippen molar-refractivity contribution >= 4 is 23.2 Å². The summed E-state index contributed by atoms with van der Waals surface area (Å²) in [5.74, 6) is 0.447. The Morgan fingerprint density at radius 2 is 2.00 bits per heavy atom. The summed E-state index contributed by atoms with van der Waals surface area (Å²) in [5.41, 5.74) is 1.44. The van der Waals surface area contributed by atoms with Gasteiger partial charge in [-0.25, -0.2) is 0 Å². The molecule has 0 aliphatic heterocycles. The quantitative estimate of drug-likeness (QED) is 0.726. The Bertz CT molecular complexity index is 929. The molecule has 0 radical (unpaired) electrons. The van der Waals surface area contributed by atoms with Gasteiger partial charge >= 0.3 is 0 Å². The van der Waals surface area contributed by atoms with Crippen molar-refractivity contribution in [3.63, 3.8) is 0 Å². The van der Waals surface area contributed by atoms with E-state index in [0.717, 1.165) is 0 Å². The third-order valence-corrected chi connectivity index (χ3v) is 3.75. The van der Waals surface area contributed by atoms with Gasteiger partial charge in [-0.1, -0.05) is 29.8 Å². The van der Waals surface area contributed by atoms with Crippen LogP contribution in [0.5, 0.6) is 5.75 Å². The molecule has 1 amide bonds. The molecule has 0 saturated carbocycles. The van der Waals surface area contributed by atoms with Gasteiger partial charge in [-0.15, -0.1) is 0 Å². The van der Waals surface area contributed by atoms with Crippen LogP contribution < -0.4 is 10.1 Å². The predicted octanol–water partition coefficient (Wildman–Crippen LogP) is 4.64. The number of halogens is 1. The fraction of sp³-hybridized carbons (Fsp3) is 0.0526. The van der Waals surface area contributed by atoms with Crippen LogP contribution in [-0.4, -0.2) is 5.91 Å². The largest absolute Gasteiger partial charge is 0.489 e. The number of nitrogens with zero attached hydrogens (tertiary/aromatic N) is 1. The van der Waals surface area contributed by atoms with Gasteiger partial charge in [-0.3, -0.25) is 4.79 Å². The fourth-order valence-corrected chi connectivity index (χ4v) is 2.42. The number of benzene rings is 2. The van der Waals surface area contributed by atoms with E-state index in [2.05, 4.69) is 5.32 Å². The standard InChI is InChI=1S/C19H13ClN2O3/c20-17-10-15(7-6-13(17)11-21)22-19(23)18-14(8-9-24-18)12-25-16-4-2-1-3-5-16/h1-10H,12H2,(H,22,23). The van der Waals surface area contributed by atoms with Gasteiger partial charge in [0.15, 0.2) is 5.76 Å². The summed E-state index contributed by atoms with van der Waals surface area (Å²) < 4.78 is 10.9. The summed E-state index contributed by atoms with van der Waals surface area (Å²) in [6, 6.07) is 17.6. The smallest absolute Gasteiger partial charge is 0.291 e. The average Bonchev–Trinajstić information content (AvgIpc) is 3.10. The van der Waals surface area contributed by atoms with Crippen LogP contribution in [0.25, 0.3) is 0 Å². The second-order valence-corrected chi connectivity index (χ2v) is 5.54. The zero-order chi connectivity index (χ0) is 17.6. The summed E-state index contributed by atoms with van der Waals surface area (Å²) >= 11 is 5.97. The third kappa shape index (κ3) is 4.00. The maximum atomic E-state index is 12.4. The van der Waals surface area contributed by atoms with Crippen LogP contribution in [0.2, 0.25) is 5.02 Å². The lowest BCUT2D eigenvalue weighted by molar-refractivity contribution is 0.0993. The molecule has 1 N–H and O–H groups in total. The molecule has 5 nitrogen and oxygen atoms in total. The molecule has 0 atom stereocenters. The minimum Gasteiger partial charge on any atom is -0.489 e. The lowest BCUT2D eigenvalue weighted by Crippen LogP contribution is -2.13.